The van der Waals surface area contributed by atoms with Crippen LogP contribution in [0.25, 0.3) is 0 Å². The van der Waals surface area contributed by atoms with Crippen LogP contribution in [0.3, 0.4) is 0 Å². The molecule has 1 aromatic rings. The average Bonchev–Trinajstić information content (AvgIpc) is 2.38. The Bertz CT molecular complexity index is 421. The fraction of sp³-hybridized carbons (Fsp3) is 0.364. The quantitative estimate of drug-likeness (QED) is 0.755. The highest BCUT2D eigenvalue weighted by Crippen LogP contribution is 2.24. The zero-order valence-electron chi connectivity index (χ0n) is 10.1. The van der Waals surface area contributed by atoms with Crippen LogP contribution in [0.1, 0.15) is 0 Å². The molecule has 0 aliphatic rings. The summed E-state index contributed by atoms with van der Waals surface area (Å²) < 4.78 is 9.87. The maximum absolute atomic E-state index is 11.3. The van der Waals surface area contributed by atoms with Crippen LogP contribution in [0.4, 0.5) is 5.69 Å². The van der Waals surface area contributed by atoms with Crippen molar-refractivity contribution < 1.29 is 19.1 Å². The van der Waals surface area contributed by atoms with E-state index in [0.717, 1.165) is 0 Å². The van der Waals surface area contributed by atoms with Gasteiger partial charge in [-0.1, -0.05) is 0 Å². The van der Waals surface area contributed by atoms with Gasteiger partial charge in [0.15, 0.2) is 0 Å². The molecule has 0 aliphatic carbocycles. The second-order valence-electron chi connectivity index (χ2n) is 3.34. The topological polar surface area (TPSA) is 68.7 Å². The van der Waals surface area contributed by atoms with E-state index in [1.807, 2.05) is 0 Å². The van der Waals surface area contributed by atoms with Crippen LogP contribution in [0, 0.1) is 0 Å². The molecule has 6 nitrogen and oxygen atoms in total. The molecule has 98 valence electrons. The van der Waals surface area contributed by atoms with E-state index in [4.69, 9.17) is 0 Å². The van der Waals surface area contributed by atoms with E-state index in [-0.39, 0.29) is 13.1 Å². The van der Waals surface area contributed by atoms with Gasteiger partial charge in [0.25, 0.3) is 0 Å². The van der Waals surface area contributed by atoms with Crippen LogP contribution in [0.2, 0.25) is 0 Å². The number of aromatic nitrogens is 1. The number of carbonyl (C=O) groups excluding carboxylic acids is 2. The van der Waals surface area contributed by atoms with Gasteiger partial charge < -0.3 is 14.4 Å². The number of esters is 2. The highest BCUT2D eigenvalue weighted by atomic mass is 79.9. The first-order valence-electron chi connectivity index (χ1n) is 5.06. The molecule has 0 spiro atoms. The molecule has 0 atom stereocenters. The molecule has 7 heteroatoms. The largest absolute Gasteiger partial charge is 0.468 e. The molecule has 0 aromatic carbocycles. The molecule has 0 unspecified atom stereocenters. The minimum atomic E-state index is -0.442. The Hall–Kier alpha value is -1.63. The fourth-order valence-electron chi connectivity index (χ4n) is 1.29. The Kier molecular flexibility index (Phi) is 5.57. The summed E-state index contributed by atoms with van der Waals surface area (Å²) >= 11 is 3.31. The van der Waals surface area contributed by atoms with E-state index < -0.39 is 11.9 Å². The third-order valence-electron chi connectivity index (χ3n) is 2.19. The van der Waals surface area contributed by atoms with Crippen molar-refractivity contribution in [3.05, 3.63) is 22.9 Å². The maximum Gasteiger partial charge on any atom is 0.325 e. The summed E-state index contributed by atoms with van der Waals surface area (Å²) in [6, 6.07) is 1.69. The van der Waals surface area contributed by atoms with E-state index in [1.165, 1.54) is 14.2 Å². The van der Waals surface area contributed by atoms with Gasteiger partial charge in [-0.25, -0.2) is 0 Å². The van der Waals surface area contributed by atoms with Crippen molar-refractivity contribution in [3.63, 3.8) is 0 Å². The molecule has 0 amide bonds. The first-order valence-corrected chi connectivity index (χ1v) is 5.86. The Labute approximate surface area is 113 Å². The minimum absolute atomic E-state index is 0.0474. The van der Waals surface area contributed by atoms with Gasteiger partial charge in [-0.2, -0.15) is 0 Å². The second-order valence-corrected chi connectivity index (χ2v) is 4.19. The number of rotatable bonds is 5. The summed E-state index contributed by atoms with van der Waals surface area (Å²) in [5.41, 5.74) is 0.667. The molecular formula is C11H13BrN2O4. The number of hydrogen-bond donors (Lipinski definition) is 0. The smallest absolute Gasteiger partial charge is 0.325 e. The molecule has 1 rings (SSSR count). The molecule has 0 N–H and O–H groups in total. The lowest BCUT2D eigenvalue weighted by Crippen LogP contribution is -2.35. The van der Waals surface area contributed by atoms with Crippen molar-refractivity contribution in [2.24, 2.45) is 0 Å². The van der Waals surface area contributed by atoms with Crippen LogP contribution in [0.5, 0.6) is 0 Å². The van der Waals surface area contributed by atoms with E-state index >= 15 is 0 Å². The Morgan fingerprint density at radius 2 is 1.83 bits per heavy atom. The third-order valence-corrected chi connectivity index (χ3v) is 2.80. The SMILES string of the molecule is COC(=O)CN(CC(=O)OC)c1ccncc1Br. The number of carbonyl (C=O) groups is 2. The third kappa shape index (κ3) is 3.99. The molecule has 0 radical (unpaired) electrons. The normalized spacial score (nSPS) is 9.72. The summed E-state index contributed by atoms with van der Waals surface area (Å²) in [6.07, 6.45) is 3.15. The lowest BCUT2D eigenvalue weighted by atomic mass is 10.3. The first-order chi connectivity index (χ1) is 8.58. The van der Waals surface area contributed by atoms with Crippen LogP contribution in [0.15, 0.2) is 22.9 Å². The summed E-state index contributed by atoms with van der Waals surface area (Å²) in [4.78, 5) is 28.1. The van der Waals surface area contributed by atoms with Gasteiger partial charge in [0, 0.05) is 12.4 Å². The molecule has 0 fully saturated rings. The van der Waals surface area contributed by atoms with Gasteiger partial charge in [-0.15, -0.1) is 0 Å². The zero-order valence-corrected chi connectivity index (χ0v) is 11.6. The highest BCUT2D eigenvalue weighted by Gasteiger charge is 2.18. The molecule has 0 aliphatic heterocycles. The summed E-state index contributed by atoms with van der Waals surface area (Å²) in [6.45, 7) is -0.0948. The van der Waals surface area contributed by atoms with Gasteiger partial charge in [-0.3, -0.25) is 14.6 Å². The number of nitrogens with zero attached hydrogens (tertiary/aromatic N) is 2. The molecule has 0 saturated heterocycles. The predicted octanol–water partition coefficient (Wildman–Crippen LogP) is 0.996. The van der Waals surface area contributed by atoms with E-state index in [9.17, 15) is 9.59 Å². The first kappa shape index (κ1) is 14.4. The lowest BCUT2D eigenvalue weighted by Gasteiger charge is -2.22. The van der Waals surface area contributed by atoms with Gasteiger partial charge in [0.05, 0.1) is 24.4 Å². The zero-order chi connectivity index (χ0) is 13.5. The number of ether oxygens (including phenoxy) is 2. The van der Waals surface area contributed by atoms with Gasteiger partial charge in [0.2, 0.25) is 0 Å². The Morgan fingerprint density at radius 1 is 1.28 bits per heavy atom. The van der Waals surface area contributed by atoms with Crippen molar-refractivity contribution in [1.82, 2.24) is 4.98 Å². The monoisotopic (exact) mass is 316 g/mol. The molecule has 0 saturated carbocycles. The number of halogens is 1. The molecular weight excluding hydrogens is 304 g/mol. The van der Waals surface area contributed by atoms with Crippen molar-refractivity contribution in [1.29, 1.82) is 0 Å². The van der Waals surface area contributed by atoms with Crippen LogP contribution in [-0.2, 0) is 19.1 Å². The highest BCUT2D eigenvalue weighted by molar-refractivity contribution is 9.10. The molecule has 1 aromatic heterocycles. The van der Waals surface area contributed by atoms with Crippen molar-refractivity contribution >= 4 is 33.6 Å². The fourth-order valence-corrected chi connectivity index (χ4v) is 1.79. The molecule has 1 heterocycles. The van der Waals surface area contributed by atoms with Crippen molar-refractivity contribution in [2.75, 3.05) is 32.2 Å². The number of methoxy groups -OCH3 is 2. The summed E-state index contributed by atoms with van der Waals surface area (Å²) in [7, 11) is 2.58. The van der Waals surface area contributed by atoms with Gasteiger partial charge in [0.1, 0.15) is 13.1 Å². The number of anilines is 1. The standard InChI is InChI=1S/C11H13BrN2O4/c1-17-10(15)6-14(7-11(16)18-2)9-3-4-13-5-8(9)12/h3-5H,6-7H2,1-2H3. The van der Waals surface area contributed by atoms with Crippen molar-refractivity contribution in [2.45, 2.75) is 0 Å². The Balaban J connectivity index is 2.93. The minimum Gasteiger partial charge on any atom is -0.468 e. The number of pyridine rings is 1. The summed E-state index contributed by atoms with van der Waals surface area (Å²) in [5, 5.41) is 0. The second kappa shape index (κ2) is 6.95. The average molecular weight is 317 g/mol. The molecule has 18 heavy (non-hydrogen) atoms. The molecule has 0 bridgehead atoms. The predicted molar refractivity (Wildman–Crippen MR) is 68.2 cm³/mol. The Morgan fingerprint density at radius 3 is 2.28 bits per heavy atom. The van der Waals surface area contributed by atoms with E-state index in [2.05, 4.69) is 30.4 Å². The van der Waals surface area contributed by atoms with Crippen LogP contribution >= 0.6 is 15.9 Å². The van der Waals surface area contributed by atoms with Crippen LogP contribution in [-0.4, -0.2) is 44.2 Å². The summed E-state index contributed by atoms with van der Waals surface area (Å²) in [5.74, 6) is -0.884. The van der Waals surface area contributed by atoms with E-state index in [0.29, 0.717) is 10.2 Å². The van der Waals surface area contributed by atoms with Gasteiger partial charge >= 0.3 is 11.9 Å². The van der Waals surface area contributed by atoms with Crippen molar-refractivity contribution in [3.8, 4) is 0 Å². The van der Waals surface area contributed by atoms with E-state index in [1.54, 1.807) is 23.4 Å². The van der Waals surface area contributed by atoms with Gasteiger partial charge in [-0.05, 0) is 22.0 Å². The lowest BCUT2D eigenvalue weighted by molar-refractivity contribution is -0.140. The number of hydrogen-bond acceptors (Lipinski definition) is 6. The van der Waals surface area contributed by atoms with Crippen LogP contribution < -0.4 is 4.90 Å². The maximum atomic E-state index is 11.3.